The summed E-state index contributed by atoms with van der Waals surface area (Å²) in [6, 6.07) is 4.69. The van der Waals surface area contributed by atoms with Crippen molar-refractivity contribution >= 4 is 27.5 Å². The molecule has 66 valence electrons. The van der Waals surface area contributed by atoms with Crippen molar-refractivity contribution < 1.29 is 4.39 Å². The zero-order valence-corrected chi connectivity index (χ0v) is 8.62. The van der Waals surface area contributed by atoms with E-state index in [1.807, 2.05) is 0 Å². The standard InChI is InChI=1S/C8H8BrClFN/c9-5-12-4-6-1-2-8(11)7(10)3-6/h1-3,12H,4-5H2. The van der Waals surface area contributed by atoms with Crippen molar-refractivity contribution in [3.8, 4) is 0 Å². The third kappa shape index (κ3) is 2.73. The first kappa shape index (κ1) is 9.96. The second-order valence-electron chi connectivity index (χ2n) is 2.31. The highest BCUT2D eigenvalue weighted by atomic mass is 79.9. The van der Waals surface area contributed by atoms with Crippen LogP contribution in [0.25, 0.3) is 0 Å². The predicted molar refractivity (Wildman–Crippen MR) is 52.0 cm³/mol. The van der Waals surface area contributed by atoms with Crippen LogP contribution in [-0.2, 0) is 6.54 Å². The maximum absolute atomic E-state index is 12.7. The Morgan fingerprint density at radius 3 is 2.83 bits per heavy atom. The molecule has 0 heterocycles. The Bertz CT molecular complexity index is 267. The Kier molecular flexibility index (Phi) is 3.98. The predicted octanol–water partition coefficient (Wildman–Crippen LogP) is 2.92. The first-order chi connectivity index (χ1) is 5.74. The first-order valence-corrected chi connectivity index (χ1v) is 4.94. The number of benzene rings is 1. The minimum Gasteiger partial charge on any atom is -0.303 e. The van der Waals surface area contributed by atoms with Gasteiger partial charge in [0.05, 0.1) is 10.5 Å². The quantitative estimate of drug-likeness (QED) is 0.644. The molecular formula is C8H8BrClFN. The molecule has 1 rings (SSSR count). The molecule has 4 heteroatoms. The number of hydrogen-bond donors (Lipinski definition) is 1. The molecule has 0 aliphatic heterocycles. The van der Waals surface area contributed by atoms with Gasteiger partial charge in [-0.3, -0.25) is 0 Å². The molecule has 0 radical (unpaired) electrons. The Morgan fingerprint density at radius 1 is 1.50 bits per heavy atom. The van der Waals surface area contributed by atoms with Crippen LogP contribution in [0, 0.1) is 5.82 Å². The van der Waals surface area contributed by atoms with Crippen molar-refractivity contribution in [3.05, 3.63) is 34.6 Å². The summed E-state index contributed by atoms with van der Waals surface area (Å²) in [6.45, 7) is 0.686. The minimum atomic E-state index is -0.376. The molecule has 0 aliphatic carbocycles. The summed E-state index contributed by atoms with van der Waals surface area (Å²) in [5.74, 6) is -0.376. The SMILES string of the molecule is Fc1ccc(CNCBr)cc1Cl. The van der Waals surface area contributed by atoms with Crippen molar-refractivity contribution in [2.75, 3.05) is 5.45 Å². The fourth-order valence-corrected chi connectivity index (χ4v) is 1.24. The summed E-state index contributed by atoms with van der Waals surface area (Å²) in [6.07, 6.45) is 0. The van der Waals surface area contributed by atoms with E-state index in [1.165, 1.54) is 6.07 Å². The Labute approximate surface area is 84.0 Å². The van der Waals surface area contributed by atoms with E-state index in [0.717, 1.165) is 5.56 Å². The average Bonchev–Trinajstić information content (AvgIpc) is 2.07. The molecule has 0 atom stereocenters. The zero-order chi connectivity index (χ0) is 8.97. The molecule has 1 N–H and O–H groups in total. The number of alkyl halides is 1. The fourth-order valence-electron chi connectivity index (χ4n) is 0.841. The van der Waals surface area contributed by atoms with Crippen molar-refractivity contribution in [3.63, 3.8) is 0 Å². The van der Waals surface area contributed by atoms with E-state index in [1.54, 1.807) is 12.1 Å². The van der Waals surface area contributed by atoms with Gasteiger partial charge in [-0.25, -0.2) is 4.39 Å². The fraction of sp³-hybridized carbons (Fsp3) is 0.250. The maximum atomic E-state index is 12.7. The van der Waals surface area contributed by atoms with Crippen LogP contribution in [0.4, 0.5) is 4.39 Å². The molecule has 0 saturated carbocycles. The van der Waals surface area contributed by atoms with Crippen LogP contribution < -0.4 is 5.32 Å². The monoisotopic (exact) mass is 251 g/mol. The van der Waals surface area contributed by atoms with Gasteiger partial charge in [0, 0.05) is 6.54 Å². The van der Waals surface area contributed by atoms with Gasteiger partial charge < -0.3 is 5.32 Å². The third-order valence-corrected chi connectivity index (χ3v) is 2.09. The number of nitrogens with one attached hydrogen (secondary N) is 1. The summed E-state index contributed by atoms with van der Waals surface area (Å²) in [5.41, 5.74) is 1.68. The minimum absolute atomic E-state index is 0.170. The summed E-state index contributed by atoms with van der Waals surface area (Å²) in [7, 11) is 0. The second-order valence-corrected chi connectivity index (χ2v) is 3.28. The van der Waals surface area contributed by atoms with E-state index in [2.05, 4.69) is 21.2 Å². The normalized spacial score (nSPS) is 10.2. The van der Waals surface area contributed by atoms with Crippen LogP contribution in [0.5, 0.6) is 0 Å². The van der Waals surface area contributed by atoms with E-state index >= 15 is 0 Å². The molecule has 0 saturated heterocycles. The van der Waals surface area contributed by atoms with Gasteiger partial charge >= 0.3 is 0 Å². The highest BCUT2D eigenvalue weighted by Gasteiger charge is 1.99. The van der Waals surface area contributed by atoms with Gasteiger partial charge in [0.25, 0.3) is 0 Å². The van der Waals surface area contributed by atoms with Gasteiger partial charge in [-0.15, -0.1) is 0 Å². The van der Waals surface area contributed by atoms with Crippen LogP contribution in [0.1, 0.15) is 5.56 Å². The van der Waals surface area contributed by atoms with E-state index in [9.17, 15) is 4.39 Å². The van der Waals surface area contributed by atoms with Crippen LogP contribution in [0.3, 0.4) is 0 Å². The Morgan fingerprint density at radius 2 is 2.25 bits per heavy atom. The molecule has 0 aliphatic rings. The highest BCUT2D eigenvalue weighted by molar-refractivity contribution is 9.09. The molecule has 0 aromatic heterocycles. The van der Waals surface area contributed by atoms with Crippen LogP contribution in [-0.4, -0.2) is 5.45 Å². The van der Waals surface area contributed by atoms with Crippen molar-refractivity contribution in [1.29, 1.82) is 0 Å². The van der Waals surface area contributed by atoms with Crippen molar-refractivity contribution in [2.24, 2.45) is 0 Å². The molecule has 0 bridgehead atoms. The number of halogens is 3. The molecule has 1 aromatic carbocycles. The number of hydrogen-bond acceptors (Lipinski definition) is 1. The van der Waals surface area contributed by atoms with Gasteiger partial charge in [-0.05, 0) is 17.7 Å². The van der Waals surface area contributed by atoms with Gasteiger partial charge in [0.2, 0.25) is 0 Å². The van der Waals surface area contributed by atoms with E-state index < -0.39 is 0 Å². The largest absolute Gasteiger partial charge is 0.303 e. The zero-order valence-electron chi connectivity index (χ0n) is 6.28. The van der Waals surface area contributed by atoms with Crippen molar-refractivity contribution in [1.82, 2.24) is 5.32 Å². The lowest BCUT2D eigenvalue weighted by molar-refractivity contribution is 0.626. The smallest absolute Gasteiger partial charge is 0.141 e. The summed E-state index contributed by atoms with van der Waals surface area (Å²) >= 11 is 8.80. The molecule has 1 aromatic rings. The maximum Gasteiger partial charge on any atom is 0.141 e. The van der Waals surface area contributed by atoms with Gasteiger partial charge in [0.1, 0.15) is 5.82 Å². The lowest BCUT2D eigenvalue weighted by atomic mass is 10.2. The average molecular weight is 253 g/mol. The van der Waals surface area contributed by atoms with Crippen LogP contribution >= 0.6 is 27.5 Å². The second kappa shape index (κ2) is 4.80. The molecule has 0 fully saturated rings. The molecule has 0 spiro atoms. The summed E-state index contributed by atoms with van der Waals surface area (Å²) in [4.78, 5) is 0. The van der Waals surface area contributed by atoms with E-state index in [0.29, 0.717) is 12.0 Å². The molecule has 12 heavy (non-hydrogen) atoms. The lowest BCUT2D eigenvalue weighted by Gasteiger charge is -2.01. The Balaban J connectivity index is 2.69. The van der Waals surface area contributed by atoms with E-state index in [-0.39, 0.29) is 10.8 Å². The van der Waals surface area contributed by atoms with E-state index in [4.69, 9.17) is 11.6 Å². The molecule has 0 unspecified atom stereocenters. The van der Waals surface area contributed by atoms with Crippen LogP contribution in [0.2, 0.25) is 5.02 Å². The van der Waals surface area contributed by atoms with Crippen molar-refractivity contribution in [2.45, 2.75) is 6.54 Å². The van der Waals surface area contributed by atoms with Gasteiger partial charge in [-0.2, -0.15) is 0 Å². The molecule has 0 amide bonds. The first-order valence-electron chi connectivity index (χ1n) is 3.44. The topological polar surface area (TPSA) is 12.0 Å². The highest BCUT2D eigenvalue weighted by Crippen LogP contribution is 2.15. The molecular weight excluding hydrogens is 244 g/mol. The van der Waals surface area contributed by atoms with Gasteiger partial charge in [0.15, 0.2) is 0 Å². The van der Waals surface area contributed by atoms with Gasteiger partial charge in [-0.1, -0.05) is 33.6 Å². The third-order valence-electron chi connectivity index (χ3n) is 1.41. The Hall–Kier alpha value is -0.120. The molecule has 1 nitrogen and oxygen atoms in total. The summed E-state index contributed by atoms with van der Waals surface area (Å²) < 4.78 is 12.7. The lowest BCUT2D eigenvalue weighted by Crippen LogP contribution is -2.09. The summed E-state index contributed by atoms with van der Waals surface area (Å²) in [5, 5.41) is 3.22. The van der Waals surface area contributed by atoms with Crippen LogP contribution in [0.15, 0.2) is 18.2 Å². The number of rotatable bonds is 3.